The molecule has 2 fully saturated rings. The molecule has 0 unspecified atom stereocenters. The van der Waals surface area contributed by atoms with E-state index in [1.54, 1.807) is 13.2 Å². The van der Waals surface area contributed by atoms with Crippen LogP contribution < -0.4 is 16.0 Å². The van der Waals surface area contributed by atoms with Crippen molar-refractivity contribution in [2.45, 2.75) is 64.3 Å². The van der Waals surface area contributed by atoms with E-state index in [9.17, 15) is 14.4 Å². The van der Waals surface area contributed by atoms with Crippen LogP contribution in [0.4, 0.5) is 0 Å². The molecule has 1 aliphatic carbocycles. The lowest BCUT2D eigenvalue weighted by Gasteiger charge is -2.32. The first kappa shape index (κ1) is 24.3. The molecule has 3 heterocycles. The smallest absolute Gasteiger partial charge is 0.329 e. The summed E-state index contributed by atoms with van der Waals surface area (Å²) in [6.07, 6.45) is 6.74. The van der Waals surface area contributed by atoms with Crippen LogP contribution in [-0.2, 0) is 13.0 Å². The summed E-state index contributed by atoms with van der Waals surface area (Å²) in [4.78, 5) is 48.1. The molecule has 3 aromatic rings. The van der Waals surface area contributed by atoms with E-state index >= 15 is 0 Å². The number of nitrogens with zero attached hydrogens (tertiary/aromatic N) is 3. The van der Waals surface area contributed by atoms with Crippen molar-refractivity contribution in [2.24, 2.45) is 5.92 Å². The van der Waals surface area contributed by atoms with E-state index in [2.05, 4.69) is 17.1 Å². The highest BCUT2D eigenvalue weighted by molar-refractivity contribution is 6.05. The van der Waals surface area contributed by atoms with E-state index in [4.69, 9.17) is 9.72 Å². The lowest BCUT2D eigenvalue weighted by molar-refractivity contribution is 0.0688. The maximum absolute atomic E-state index is 13.7. The van der Waals surface area contributed by atoms with Crippen LogP contribution in [0, 0.1) is 5.92 Å². The van der Waals surface area contributed by atoms with Crippen LogP contribution in [0.1, 0.15) is 73.0 Å². The van der Waals surface area contributed by atoms with Crippen molar-refractivity contribution in [1.82, 2.24) is 19.4 Å². The molecule has 1 saturated heterocycles. The number of nitrogens with one attached hydrogen (secondary N) is 1. The second kappa shape index (κ2) is 10.3. The molecular formula is C28H34N4O4. The molecule has 36 heavy (non-hydrogen) atoms. The lowest BCUT2D eigenvalue weighted by atomic mass is 9.90. The number of pyridine rings is 1. The third-order valence-electron chi connectivity index (χ3n) is 7.54. The van der Waals surface area contributed by atoms with Crippen LogP contribution in [0.15, 0.2) is 39.9 Å². The van der Waals surface area contributed by atoms with E-state index in [1.165, 1.54) is 10.1 Å². The summed E-state index contributed by atoms with van der Waals surface area (Å²) in [5.74, 6) is 1.59. The number of aromatic nitrogens is 3. The number of rotatable bonds is 8. The Kier molecular flexibility index (Phi) is 6.94. The second-order valence-electron chi connectivity index (χ2n) is 10.1. The first-order chi connectivity index (χ1) is 17.5. The van der Waals surface area contributed by atoms with Gasteiger partial charge >= 0.3 is 5.69 Å². The zero-order chi connectivity index (χ0) is 25.2. The third kappa shape index (κ3) is 4.94. The van der Waals surface area contributed by atoms with Gasteiger partial charge in [-0.25, -0.2) is 9.78 Å². The number of piperidine rings is 1. The fourth-order valence-electron chi connectivity index (χ4n) is 5.24. The number of fused-ring (bicyclic) bond motifs is 1. The van der Waals surface area contributed by atoms with E-state index < -0.39 is 11.2 Å². The number of amides is 1. The van der Waals surface area contributed by atoms with Crippen molar-refractivity contribution in [3.8, 4) is 5.75 Å². The molecule has 1 amide bonds. The lowest BCUT2D eigenvalue weighted by Crippen LogP contribution is -2.40. The number of likely N-dealkylation sites (tertiary alicyclic amines) is 1. The summed E-state index contributed by atoms with van der Waals surface area (Å²) in [5.41, 5.74) is 1.83. The Morgan fingerprint density at radius 1 is 1.11 bits per heavy atom. The van der Waals surface area contributed by atoms with E-state index in [1.807, 2.05) is 24.0 Å². The Labute approximate surface area is 210 Å². The average molecular weight is 491 g/mol. The van der Waals surface area contributed by atoms with E-state index in [0.717, 1.165) is 56.4 Å². The fraction of sp³-hybridized carbons (Fsp3) is 0.500. The van der Waals surface area contributed by atoms with Gasteiger partial charge in [0.05, 0.1) is 18.1 Å². The number of H-pyrrole nitrogens is 1. The molecule has 0 spiro atoms. The number of carbonyl (C=O) groups is 1. The second-order valence-corrected chi connectivity index (χ2v) is 10.1. The summed E-state index contributed by atoms with van der Waals surface area (Å²) in [7, 11) is 1.67. The monoisotopic (exact) mass is 490 g/mol. The van der Waals surface area contributed by atoms with Gasteiger partial charge in [-0.1, -0.05) is 19.1 Å². The SMILES string of the molecule is CCCn1c(=O)[nH]c(=O)c2c(C(=O)N3CCC(CCc4ccc(OC)cc4)CC3)cc(C3CC3)nc21. The number of hydrogen-bond acceptors (Lipinski definition) is 5. The quantitative estimate of drug-likeness (QED) is 0.517. The first-order valence-electron chi connectivity index (χ1n) is 13.1. The summed E-state index contributed by atoms with van der Waals surface area (Å²) >= 11 is 0. The topological polar surface area (TPSA) is 97.3 Å². The van der Waals surface area contributed by atoms with Gasteiger partial charge in [-0.3, -0.25) is 19.1 Å². The van der Waals surface area contributed by atoms with Gasteiger partial charge in [0.2, 0.25) is 0 Å². The van der Waals surface area contributed by atoms with Gasteiger partial charge in [-0.2, -0.15) is 0 Å². The Hall–Kier alpha value is -3.42. The number of methoxy groups -OCH3 is 1. The van der Waals surface area contributed by atoms with Crippen LogP contribution in [0.3, 0.4) is 0 Å². The Morgan fingerprint density at radius 2 is 1.83 bits per heavy atom. The summed E-state index contributed by atoms with van der Waals surface area (Å²) in [6.45, 7) is 3.75. The zero-order valence-corrected chi connectivity index (χ0v) is 21.1. The number of hydrogen-bond donors (Lipinski definition) is 1. The van der Waals surface area contributed by atoms with Gasteiger partial charge in [0, 0.05) is 31.2 Å². The molecule has 2 aromatic heterocycles. The van der Waals surface area contributed by atoms with Crippen molar-refractivity contribution < 1.29 is 9.53 Å². The fourth-order valence-corrected chi connectivity index (χ4v) is 5.24. The minimum Gasteiger partial charge on any atom is -0.497 e. The standard InChI is InChI=1S/C28H34N4O4/c1-3-14-32-25-24(26(33)30-28(32)35)22(17-23(29-25)20-8-9-20)27(34)31-15-12-19(13-16-31)5-4-18-6-10-21(36-2)11-7-18/h6-7,10-11,17,19-20H,3-5,8-9,12-16H2,1-2H3,(H,30,33,35). The molecule has 1 aliphatic heterocycles. The van der Waals surface area contributed by atoms with Gasteiger partial charge in [0.25, 0.3) is 11.5 Å². The molecule has 1 aromatic carbocycles. The van der Waals surface area contributed by atoms with Crippen LogP contribution in [0.2, 0.25) is 0 Å². The summed E-state index contributed by atoms with van der Waals surface area (Å²) in [6, 6.07) is 10.0. The predicted octanol–water partition coefficient (Wildman–Crippen LogP) is 3.87. The summed E-state index contributed by atoms with van der Waals surface area (Å²) in [5, 5.41) is 0.235. The number of ether oxygens (including phenoxy) is 1. The van der Waals surface area contributed by atoms with Gasteiger partial charge in [-0.15, -0.1) is 0 Å². The van der Waals surface area contributed by atoms with E-state index in [-0.39, 0.29) is 11.3 Å². The Bertz CT molecular complexity index is 1360. The highest BCUT2D eigenvalue weighted by atomic mass is 16.5. The average Bonchev–Trinajstić information content (AvgIpc) is 3.75. The number of aromatic amines is 1. The molecule has 5 rings (SSSR count). The molecule has 0 atom stereocenters. The summed E-state index contributed by atoms with van der Waals surface area (Å²) < 4.78 is 6.74. The third-order valence-corrected chi connectivity index (χ3v) is 7.54. The Balaban J connectivity index is 1.34. The predicted molar refractivity (Wildman–Crippen MR) is 139 cm³/mol. The van der Waals surface area contributed by atoms with Gasteiger partial charge in [0.15, 0.2) is 5.65 Å². The molecule has 8 nitrogen and oxygen atoms in total. The largest absolute Gasteiger partial charge is 0.497 e. The van der Waals surface area contributed by atoms with Crippen LogP contribution >= 0.6 is 0 Å². The minimum absolute atomic E-state index is 0.134. The molecule has 190 valence electrons. The minimum atomic E-state index is -0.532. The molecule has 1 N–H and O–H groups in total. The normalized spacial score (nSPS) is 16.4. The Morgan fingerprint density at radius 3 is 2.47 bits per heavy atom. The van der Waals surface area contributed by atoms with Gasteiger partial charge < -0.3 is 9.64 Å². The van der Waals surface area contributed by atoms with Crippen molar-refractivity contribution in [2.75, 3.05) is 20.2 Å². The first-order valence-corrected chi connectivity index (χ1v) is 13.1. The number of carbonyl (C=O) groups excluding carboxylic acids is 1. The molecular weight excluding hydrogens is 456 g/mol. The molecule has 0 radical (unpaired) electrons. The molecule has 1 saturated carbocycles. The number of benzene rings is 1. The maximum Gasteiger partial charge on any atom is 0.329 e. The van der Waals surface area contributed by atoms with Crippen molar-refractivity contribution in [3.05, 3.63) is 68.0 Å². The van der Waals surface area contributed by atoms with Crippen molar-refractivity contribution in [3.63, 3.8) is 0 Å². The van der Waals surface area contributed by atoms with Crippen molar-refractivity contribution >= 4 is 16.9 Å². The highest BCUT2D eigenvalue weighted by Crippen LogP contribution is 2.40. The van der Waals surface area contributed by atoms with Crippen LogP contribution in [0.25, 0.3) is 11.0 Å². The van der Waals surface area contributed by atoms with Gasteiger partial charge in [-0.05, 0) is 74.6 Å². The molecule has 0 bridgehead atoms. The molecule has 8 heteroatoms. The van der Waals surface area contributed by atoms with Gasteiger partial charge in [0.1, 0.15) is 5.75 Å². The van der Waals surface area contributed by atoms with Crippen LogP contribution in [0.5, 0.6) is 5.75 Å². The van der Waals surface area contributed by atoms with E-state index in [0.29, 0.717) is 42.7 Å². The van der Waals surface area contributed by atoms with Crippen LogP contribution in [-0.4, -0.2) is 45.5 Å². The zero-order valence-electron chi connectivity index (χ0n) is 21.1. The molecule has 2 aliphatic rings. The number of aryl methyl sites for hydroxylation is 2. The highest BCUT2D eigenvalue weighted by Gasteiger charge is 2.31. The van der Waals surface area contributed by atoms with Crippen molar-refractivity contribution in [1.29, 1.82) is 0 Å². The maximum atomic E-state index is 13.7.